The van der Waals surface area contributed by atoms with E-state index in [0.717, 1.165) is 11.8 Å². The fraction of sp³-hybridized carbons (Fsp3) is 0.200. The second-order valence-electron chi connectivity index (χ2n) is 5.33. The fourth-order valence-electron chi connectivity index (χ4n) is 1.95. The minimum absolute atomic E-state index is 0.0858. The number of ether oxygens (including phenoxy) is 2. The van der Waals surface area contributed by atoms with Crippen LogP contribution in [0.5, 0.6) is 0 Å². The van der Waals surface area contributed by atoms with Gasteiger partial charge in [0.05, 0.1) is 24.6 Å². The number of para-hydroxylation sites is 2. The van der Waals surface area contributed by atoms with Gasteiger partial charge in [-0.15, -0.1) is 0 Å². The van der Waals surface area contributed by atoms with Crippen LogP contribution >= 0.6 is 11.8 Å². The summed E-state index contributed by atoms with van der Waals surface area (Å²) in [6, 6.07) is 18.2. The molecule has 0 aliphatic rings. The van der Waals surface area contributed by atoms with Gasteiger partial charge in [-0.2, -0.15) is 10.2 Å². The summed E-state index contributed by atoms with van der Waals surface area (Å²) in [4.78, 5) is 24.6. The van der Waals surface area contributed by atoms with E-state index in [1.54, 1.807) is 38.1 Å². The van der Waals surface area contributed by atoms with Gasteiger partial charge in [-0.3, -0.25) is 10.9 Å². The molecule has 152 valence electrons. The van der Waals surface area contributed by atoms with Gasteiger partial charge in [-0.1, -0.05) is 36.4 Å². The summed E-state index contributed by atoms with van der Waals surface area (Å²) in [5.74, 6) is -1.37. The highest BCUT2D eigenvalue weighted by Crippen LogP contribution is 2.15. The molecule has 2 rings (SSSR count). The monoisotopic (exact) mass is 414 g/mol. The maximum atomic E-state index is 12.3. The lowest BCUT2D eigenvalue weighted by atomic mass is 10.3. The third kappa shape index (κ3) is 7.67. The highest BCUT2D eigenvalue weighted by atomic mass is 32.2. The Balaban J connectivity index is 2.25. The summed E-state index contributed by atoms with van der Waals surface area (Å²) in [7, 11) is 0. The standard InChI is InChI=1S/C20H22N4O4S/c1-3-27-19(25)17(23-21-15-11-7-5-8-12-15)29-18(20(26)28-4-2)24-22-16-13-9-6-10-14-16/h5-14,21-22H,3-4H2,1-2H3/b23-17-,24-18+. The van der Waals surface area contributed by atoms with Crippen molar-refractivity contribution in [3.8, 4) is 0 Å². The normalized spacial score (nSPS) is 11.5. The van der Waals surface area contributed by atoms with Crippen LogP contribution in [-0.2, 0) is 19.1 Å². The lowest BCUT2D eigenvalue weighted by Gasteiger charge is -2.09. The van der Waals surface area contributed by atoms with Crippen LogP contribution in [0.4, 0.5) is 11.4 Å². The second kappa shape index (κ2) is 12.2. The van der Waals surface area contributed by atoms with Gasteiger partial charge in [0.25, 0.3) is 0 Å². The van der Waals surface area contributed by atoms with Gasteiger partial charge in [0.15, 0.2) is 0 Å². The SMILES string of the molecule is CCOC(=O)/C(=N/Nc1ccccc1)S/C(=N/Nc1ccccc1)C(=O)OCC. The Bertz CT molecular complexity index is 786. The number of hydrogen-bond acceptors (Lipinski definition) is 9. The molecule has 2 aromatic rings. The van der Waals surface area contributed by atoms with Crippen molar-refractivity contribution in [1.82, 2.24) is 0 Å². The maximum Gasteiger partial charge on any atom is 0.365 e. The van der Waals surface area contributed by atoms with Crippen LogP contribution in [0.1, 0.15) is 13.8 Å². The molecule has 0 aliphatic heterocycles. The largest absolute Gasteiger partial charge is 0.461 e. The van der Waals surface area contributed by atoms with Gasteiger partial charge < -0.3 is 9.47 Å². The van der Waals surface area contributed by atoms with Crippen molar-refractivity contribution in [1.29, 1.82) is 0 Å². The Morgan fingerprint density at radius 3 is 1.48 bits per heavy atom. The molecule has 2 N–H and O–H groups in total. The average Bonchev–Trinajstić information content (AvgIpc) is 2.75. The Morgan fingerprint density at radius 2 is 1.14 bits per heavy atom. The molecular weight excluding hydrogens is 392 g/mol. The first kappa shape index (κ1) is 22.0. The highest BCUT2D eigenvalue weighted by Gasteiger charge is 2.23. The maximum absolute atomic E-state index is 12.3. The van der Waals surface area contributed by atoms with E-state index < -0.39 is 11.9 Å². The Hall–Kier alpha value is -3.33. The zero-order valence-corrected chi connectivity index (χ0v) is 16.9. The van der Waals surface area contributed by atoms with Crippen molar-refractivity contribution < 1.29 is 19.1 Å². The van der Waals surface area contributed by atoms with Crippen molar-refractivity contribution in [2.75, 3.05) is 24.1 Å². The molecule has 2 aromatic carbocycles. The van der Waals surface area contributed by atoms with E-state index in [0.29, 0.717) is 11.4 Å². The molecule has 0 unspecified atom stereocenters. The van der Waals surface area contributed by atoms with Crippen molar-refractivity contribution in [2.24, 2.45) is 10.2 Å². The molecule has 0 atom stereocenters. The Kier molecular flexibility index (Phi) is 9.23. The number of nitrogens with one attached hydrogen (secondary N) is 2. The zero-order chi connectivity index (χ0) is 20.9. The second-order valence-corrected chi connectivity index (χ2v) is 6.31. The Morgan fingerprint density at radius 1 is 0.759 bits per heavy atom. The van der Waals surface area contributed by atoms with Gasteiger partial charge in [-0.25, -0.2) is 9.59 Å². The summed E-state index contributed by atoms with van der Waals surface area (Å²) in [5.41, 5.74) is 6.89. The van der Waals surface area contributed by atoms with E-state index in [-0.39, 0.29) is 23.3 Å². The first-order valence-corrected chi connectivity index (χ1v) is 9.75. The molecule has 0 aromatic heterocycles. The summed E-state index contributed by atoms with van der Waals surface area (Å²) in [5, 5.41) is 8.01. The number of esters is 2. The summed E-state index contributed by atoms with van der Waals surface area (Å²) in [6.45, 7) is 3.69. The average molecular weight is 414 g/mol. The van der Waals surface area contributed by atoms with Gasteiger partial charge in [0.2, 0.25) is 10.1 Å². The number of benzene rings is 2. The molecule has 0 heterocycles. The number of rotatable bonds is 6. The molecule has 0 saturated heterocycles. The smallest absolute Gasteiger partial charge is 0.365 e. The van der Waals surface area contributed by atoms with E-state index in [4.69, 9.17) is 9.47 Å². The van der Waals surface area contributed by atoms with Crippen LogP contribution in [-0.4, -0.2) is 35.2 Å². The van der Waals surface area contributed by atoms with E-state index in [2.05, 4.69) is 21.1 Å². The van der Waals surface area contributed by atoms with Gasteiger partial charge in [0, 0.05) is 0 Å². The van der Waals surface area contributed by atoms with Crippen LogP contribution in [0.3, 0.4) is 0 Å². The number of thioether (sulfide) groups is 1. The number of hydrogen-bond donors (Lipinski definition) is 2. The zero-order valence-electron chi connectivity index (χ0n) is 16.1. The third-order valence-corrected chi connectivity index (χ3v) is 4.12. The van der Waals surface area contributed by atoms with Gasteiger partial charge >= 0.3 is 11.9 Å². The van der Waals surface area contributed by atoms with E-state index in [1.807, 2.05) is 36.4 Å². The third-order valence-electron chi connectivity index (χ3n) is 3.21. The first-order chi connectivity index (χ1) is 14.1. The van der Waals surface area contributed by atoms with Crippen molar-refractivity contribution in [3.63, 3.8) is 0 Å². The predicted octanol–water partition coefficient (Wildman–Crippen LogP) is 3.70. The molecule has 0 saturated carbocycles. The molecule has 9 heteroatoms. The van der Waals surface area contributed by atoms with Crippen LogP contribution in [0.15, 0.2) is 70.9 Å². The minimum Gasteiger partial charge on any atom is -0.461 e. The quantitative estimate of drug-likeness (QED) is 0.322. The van der Waals surface area contributed by atoms with Crippen molar-refractivity contribution in [2.45, 2.75) is 13.8 Å². The van der Waals surface area contributed by atoms with Gasteiger partial charge in [0.1, 0.15) is 0 Å². The molecule has 0 radical (unpaired) electrons. The lowest BCUT2D eigenvalue weighted by molar-refractivity contribution is -0.135. The predicted molar refractivity (Wildman–Crippen MR) is 116 cm³/mol. The van der Waals surface area contributed by atoms with Crippen LogP contribution in [0.25, 0.3) is 0 Å². The molecule has 0 spiro atoms. The fourth-order valence-corrected chi connectivity index (χ4v) is 2.60. The molecule has 0 amide bonds. The number of carbonyl (C=O) groups is 2. The highest BCUT2D eigenvalue weighted by molar-refractivity contribution is 8.29. The van der Waals surface area contributed by atoms with Crippen LogP contribution in [0.2, 0.25) is 0 Å². The van der Waals surface area contributed by atoms with E-state index in [1.165, 1.54) is 0 Å². The Labute approximate surface area is 173 Å². The van der Waals surface area contributed by atoms with Crippen LogP contribution in [0, 0.1) is 0 Å². The topological polar surface area (TPSA) is 101 Å². The molecule has 0 bridgehead atoms. The summed E-state index contributed by atoms with van der Waals surface area (Å²) >= 11 is 0.750. The summed E-state index contributed by atoms with van der Waals surface area (Å²) in [6.07, 6.45) is 0. The van der Waals surface area contributed by atoms with Crippen molar-refractivity contribution in [3.05, 3.63) is 60.7 Å². The van der Waals surface area contributed by atoms with Crippen LogP contribution < -0.4 is 10.9 Å². The van der Waals surface area contributed by atoms with E-state index >= 15 is 0 Å². The molecule has 8 nitrogen and oxygen atoms in total. The number of carbonyl (C=O) groups excluding carboxylic acids is 2. The van der Waals surface area contributed by atoms with E-state index in [9.17, 15) is 9.59 Å². The number of hydrazone groups is 2. The molecule has 29 heavy (non-hydrogen) atoms. The summed E-state index contributed by atoms with van der Waals surface area (Å²) < 4.78 is 10.1. The number of nitrogens with zero attached hydrogens (tertiary/aromatic N) is 2. The number of anilines is 2. The van der Waals surface area contributed by atoms with Crippen molar-refractivity contribution >= 4 is 45.2 Å². The first-order valence-electron chi connectivity index (χ1n) is 8.93. The molecule has 0 aliphatic carbocycles. The molecular formula is C20H22N4O4S. The van der Waals surface area contributed by atoms with Gasteiger partial charge in [-0.05, 0) is 49.9 Å². The minimum atomic E-state index is -0.683. The lowest BCUT2D eigenvalue weighted by Crippen LogP contribution is -2.23. The molecule has 0 fully saturated rings.